The molecule has 1 aromatic rings. The van der Waals surface area contributed by atoms with E-state index in [9.17, 15) is 4.79 Å². The highest BCUT2D eigenvalue weighted by Gasteiger charge is 2.31. The van der Waals surface area contributed by atoms with Gasteiger partial charge in [-0.2, -0.15) is 0 Å². The Kier molecular flexibility index (Phi) is 3.98. The van der Waals surface area contributed by atoms with Crippen LogP contribution in [-0.2, 0) is 16.0 Å². The molecule has 2 rings (SSSR count). The number of benzene rings is 1. The SMILES string of the molecule is CCOC(=O)C(C)(C)Oc1ccc2c(c1)CCCN2. The Labute approximate surface area is 114 Å². The van der Waals surface area contributed by atoms with E-state index in [-0.39, 0.29) is 5.97 Å². The number of rotatable bonds is 4. The van der Waals surface area contributed by atoms with Crippen LogP contribution in [0.4, 0.5) is 5.69 Å². The molecule has 0 atom stereocenters. The fourth-order valence-corrected chi connectivity index (χ4v) is 2.16. The molecule has 0 amide bonds. The molecular formula is C15H21NO3. The van der Waals surface area contributed by atoms with Gasteiger partial charge in [0, 0.05) is 12.2 Å². The van der Waals surface area contributed by atoms with Crippen molar-refractivity contribution in [2.24, 2.45) is 0 Å². The second-order valence-electron chi connectivity index (χ2n) is 5.18. The highest BCUT2D eigenvalue weighted by molar-refractivity contribution is 5.79. The molecule has 0 aromatic heterocycles. The highest BCUT2D eigenvalue weighted by Crippen LogP contribution is 2.28. The monoisotopic (exact) mass is 263 g/mol. The van der Waals surface area contributed by atoms with Crippen molar-refractivity contribution in [3.05, 3.63) is 23.8 Å². The molecule has 0 aliphatic carbocycles. The summed E-state index contributed by atoms with van der Waals surface area (Å²) in [7, 11) is 0. The van der Waals surface area contributed by atoms with Crippen LogP contribution in [0.25, 0.3) is 0 Å². The Hall–Kier alpha value is -1.71. The maximum atomic E-state index is 11.8. The molecular weight excluding hydrogens is 242 g/mol. The first-order chi connectivity index (χ1) is 9.03. The third kappa shape index (κ3) is 3.19. The van der Waals surface area contributed by atoms with Crippen molar-refractivity contribution in [2.45, 2.75) is 39.2 Å². The summed E-state index contributed by atoms with van der Waals surface area (Å²) in [5.41, 5.74) is 1.43. The fourth-order valence-electron chi connectivity index (χ4n) is 2.16. The third-order valence-corrected chi connectivity index (χ3v) is 3.16. The number of aryl methyl sites for hydroxylation is 1. The number of fused-ring (bicyclic) bond motifs is 1. The van der Waals surface area contributed by atoms with E-state index in [4.69, 9.17) is 9.47 Å². The molecule has 1 N–H and O–H groups in total. The molecule has 0 saturated heterocycles. The van der Waals surface area contributed by atoms with Crippen LogP contribution in [0.15, 0.2) is 18.2 Å². The minimum atomic E-state index is -0.966. The predicted molar refractivity (Wildman–Crippen MR) is 74.6 cm³/mol. The van der Waals surface area contributed by atoms with Crippen LogP contribution in [0.3, 0.4) is 0 Å². The summed E-state index contributed by atoms with van der Waals surface area (Å²) in [6.45, 7) is 6.62. The zero-order chi connectivity index (χ0) is 13.9. The Balaban J connectivity index is 2.12. The normalized spacial score (nSPS) is 14.3. The lowest BCUT2D eigenvalue weighted by atomic mass is 10.0. The predicted octanol–water partition coefficient (Wildman–Crippen LogP) is 2.77. The first-order valence-electron chi connectivity index (χ1n) is 6.76. The van der Waals surface area contributed by atoms with Gasteiger partial charge < -0.3 is 14.8 Å². The van der Waals surface area contributed by atoms with Gasteiger partial charge in [0.25, 0.3) is 0 Å². The standard InChI is InChI=1S/C15H21NO3/c1-4-18-14(17)15(2,3)19-12-7-8-13-11(10-12)6-5-9-16-13/h7-8,10,16H,4-6,9H2,1-3H3. The van der Waals surface area contributed by atoms with Gasteiger partial charge in [0.1, 0.15) is 5.75 Å². The Morgan fingerprint density at radius 1 is 1.42 bits per heavy atom. The summed E-state index contributed by atoms with van der Waals surface area (Å²) in [6, 6.07) is 5.89. The average Bonchev–Trinajstić information content (AvgIpc) is 2.38. The minimum absolute atomic E-state index is 0.342. The van der Waals surface area contributed by atoms with Crippen molar-refractivity contribution in [1.29, 1.82) is 0 Å². The summed E-state index contributed by atoms with van der Waals surface area (Å²) in [4.78, 5) is 11.8. The van der Waals surface area contributed by atoms with Gasteiger partial charge in [0.15, 0.2) is 5.60 Å². The van der Waals surface area contributed by atoms with Gasteiger partial charge in [0.2, 0.25) is 0 Å². The van der Waals surface area contributed by atoms with Crippen molar-refractivity contribution in [1.82, 2.24) is 0 Å². The summed E-state index contributed by atoms with van der Waals surface area (Å²) < 4.78 is 10.8. The van der Waals surface area contributed by atoms with Crippen molar-refractivity contribution in [3.8, 4) is 5.75 Å². The molecule has 19 heavy (non-hydrogen) atoms. The summed E-state index contributed by atoms with van der Waals surface area (Å²) in [5.74, 6) is 0.367. The first kappa shape index (κ1) is 13.7. The molecule has 0 bridgehead atoms. The number of ether oxygens (including phenoxy) is 2. The van der Waals surface area contributed by atoms with Gasteiger partial charge >= 0.3 is 5.97 Å². The number of anilines is 1. The van der Waals surface area contributed by atoms with Crippen LogP contribution in [0, 0.1) is 0 Å². The van der Waals surface area contributed by atoms with Crippen LogP contribution in [0.5, 0.6) is 5.75 Å². The summed E-state index contributed by atoms with van der Waals surface area (Å²) in [6.07, 6.45) is 2.16. The lowest BCUT2D eigenvalue weighted by Crippen LogP contribution is -2.39. The summed E-state index contributed by atoms with van der Waals surface area (Å²) in [5, 5.41) is 3.35. The maximum absolute atomic E-state index is 11.8. The van der Waals surface area contributed by atoms with Crippen LogP contribution in [0.2, 0.25) is 0 Å². The van der Waals surface area contributed by atoms with Gasteiger partial charge in [-0.05, 0) is 57.4 Å². The highest BCUT2D eigenvalue weighted by atomic mass is 16.6. The molecule has 0 spiro atoms. The number of carbonyl (C=O) groups is 1. The Morgan fingerprint density at radius 3 is 2.95 bits per heavy atom. The van der Waals surface area contributed by atoms with Crippen LogP contribution < -0.4 is 10.1 Å². The first-order valence-corrected chi connectivity index (χ1v) is 6.76. The van der Waals surface area contributed by atoms with E-state index >= 15 is 0 Å². The molecule has 0 unspecified atom stereocenters. The van der Waals surface area contributed by atoms with Crippen LogP contribution >= 0.6 is 0 Å². The average molecular weight is 263 g/mol. The fraction of sp³-hybridized carbons (Fsp3) is 0.533. The minimum Gasteiger partial charge on any atom is -0.476 e. The van der Waals surface area contributed by atoms with Crippen LogP contribution in [-0.4, -0.2) is 24.7 Å². The summed E-state index contributed by atoms with van der Waals surface area (Å²) >= 11 is 0. The van der Waals surface area contributed by atoms with Gasteiger partial charge in [0.05, 0.1) is 6.61 Å². The van der Waals surface area contributed by atoms with Gasteiger partial charge in [-0.3, -0.25) is 0 Å². The van der Waals surface area contributed by atoms with E-state index < -0.39 is 5.60 Å². The molecule has 1 aromatic carbocycles. The second kappa shape index (κ2) is 5.51. The molecule has 4 heteroatoms. The van der Waals surface area contributed by atoms with E-state index in [0.717, 1.165) is 25.1 Å². The molecule has 0 radical (unpaired) electrons. The Morgan fingerprint density at radius 2 is 2.21 bits per heavy atom. The molecule has 1 heterocycles. The quantitative estimate of drug-likeness (QED) is 0.849. The van der Waals surface area contributed by atoms with Gasteiger partial charge in [-0.25, -0.2) is 4.79 Å². The van der Waals surface area contributed by atoms with Crippen LogP contribution in [0.1, 0.15) is 32.8 Å². The molecule has 1 aliphatic heterocycles. The smallest absolute Gasteiger partial charge is 0.349 e. The molecule has 4 nitrogen and oxygen atoms in total. The Bertz CT molecular complexity index is 468. The van der Waals surface area contributed by atoms with Gasteiger partial charge in [-0.15, -0.1) is 0 Å². The topological polar surface area (TPSA) is 47.6 Å². The number of esters is 1. The van der Waals surface area contributed by atoms with Crippen molar-refractivity contribution >= 4 is 11.7 Å². The second-order valence-corrected chi connectivity index (χ2v) is 5.18. The molecule has 0 fully saturated rings. The van der Waals surface area contributed by atoms with E-state index in [1.165, 1.54) is 5.56 Å². The molecule has 104 valence electrons. The number of hydrogen-bond donors (Lipinski definition) is 1. The third-order valence-electron chi connectivity index (χ3n) is 3.16. The number of nitrogens with one attached hydrogen (secondary N) is 1. The number of hydrogen-bond acceptors (Lipinski definition) is 4. The number of carbonyl (C=O) groups excluding carboxylic acids is 1. The molecule has 1 aliphatic rings. The van der Waals surface area contributed by atoms with Crippen molar-refractivity contribution in [2.75, 3.05) is 18.5 Å². The van der Waals surface area contributed by atoms with Crippen molar-refractivity contribution < 1.29 is 14.3 Å². The molecule has 0 saturated carbocycles. The van der Waals surface area contributed by atoms with E-state index in [1.54, 1.807) is 20.8 Å². The largest absolute Gasteiger partial charge is 0.476 e. The lowest BCUT2D eigenvalue weighted by Gasteiger charge is -2.25. The van der Waals surface area contributed by atoms with Gasteiger partial charge in [-0.1, -0.05) is 0 Å². The van der Waals surface area contributed by atoms with E-state index in [2.05, 4.69) is 5.32 Å². The van der Waals surface area contributed by atoms with E-state index in [1.807, 2.05) is 18.2 Å². The van der Waals surface area contributed by atoms with E-state index in [0.29, 0.717) is 12.4 Å². The zero-order valence-corrected chi connectivity index (χ0v) is 11.8. The maximum Gasteiger partial charge on any atom is 0.349 e. The zero-order valence-electron chi connectivity index (χ0n) is 11.8. The lowest BCUT2D eigenvalue weighted by molar-refractivity contribution is -0.158. The van der Waals surface area contributed by atoms with Crippen molar-refractivity contribution in [3.63, 3.8) is 0 Å².